The van der Waals surface area contributed by atoms with E-state index < -0.39 is 26.4 Å². The molecule has 0 saturated heterocycles. The van der Waals surface area contributed by atoms with E-state index in [1.165, 1.54) is 24.3 Å². The molecule has 0 spiro atoms. The number of hydrogen-bond donors (Lipinski definition) is 1. The third-order valence-corrected chi connectivity index (χ3v) is 1.12. The van der Waals surface area contributed by atoms with E-state index in [0.717, 1.165) is 0 Å². The molecule has 0 amide bonds. The molecule has 0 aliphatic carbocycles. The van der Waals surface area contributed by atoms with Crippen molar-refractivity contribution in [2.45, 2.75) is 0 Å². The summed E-state index contributed by atoms with van der Waals surface area (Å²) in [7, 11) is -5.83. The first kappa shape index (κ1) is 34.5. The van der Waals surface area contributed by atoms with Crippen LogP contribution in [0.5, 0.6) is 5.75 Å². The molecule has 0 heterocycles. The van der Waals surface area contributed by atoms with Crippen LogP contribution in [0.2, 0.25) is 0 Å². The maximum atomic E-state index is 10.7. The molecule has 0 atom stereocenters. The normalized spacial score (nSPS) is 6.95. The number of aromatic carboxylic acids is 1. The molecule has 1 aromatic carbocycles. The molecule has 0 aliphatic rings. The molecular weight excluding hydrogens is 370 g/mol. The van der Waals surface area contributed by atoms with Crippen LogP contribution in [0.3, 0.4) is 0 Å². The van der Waals surface area contributed by atoms with E-state index in [9.17, 15) is 9.90 Å². The minimum atomic E-state index is -2.92. The molecule has 1 rings (SSSR count). The van der Waals surface area contributed by atoms with E-state index in [1.54, 1.807) is 0 Å². The summed E-state index contributed by atoms with van der Waals surface area (Å²) in [6, 6.07) is 5.54. The molecular formula is C7H5B2Ca3O9-. The van der Waals surface area contributed by atoms with Gasteiger partial charge in [-0.3, -0.25) is 14.6 Å². The van der Waals surface area contributed by atoms with Gasteiger partial charge in [0, 0.05) is 0 Å². The van der Waals surface area contributed by atoms with Gasteiger partial charge in [0.2, 0.25) is 0 Å². The number of rotatable bonds is 1. The smallest absolute Gasteiger partial charge is 0.907 e. The second kappa shape index (κ2) is 22.2. The summed E-state index contributed by atoms with van der Waals surface area (Å²) in [5.74, 6) is -1.62. The Kier molecular flexibility index (Phi) is 36.4. The predicted molar refractivity (Wildman–Crippen MR) is 61.6 cm³/mol. The third kappa shape index (κ3) is 30.6. The van der Waals surface area contributed by atoms with Crippen molar-refractivity contribution >= 4 is 134 Å². The van der Waals surface area contributed by atoms with Gasteiger partial charge in [0.1, 0.15) is 0 Å². The summed E-state index contributed by atoms with van der Waals surface area (Å²) in [6.07, 6.45) is 0. The Morgan fingerprint density at radius 2 is 1.14 bits per heavy atom. The van der Waals surface area contributed by atoms with Crippen LogP contribution in [0.4, 0.5) is 0 Å². The quantitative estimate of drug-likeness (QED) is 0.463. The first-order valence-corrected chi connectivity index (χ1v) is 4.12. The molecule has 100 valence electrons. The van der Waals surface area contributed by atoms with Crippen molar-refractivity contribution in [3.63, 3.8) is 0 Å². The Morgan fingerprint density at radius 1 is 0.857 bits per heavy atom. The topological polar surface area (TPSA) is 199 Å². The summed E-state index contributed by atoms with van der Waals surface area (Å²) < 4.78 is 0. The maximum Gasteiger partial charge on any atom is 2.00 e. The molecule has 0 saturated carbocycles. The molecule has 1 N–H and O–H groups in total. The van der Waals surface area contributed by atoms with Crippen LogP contribution in [-0.2, 0) is 0 Å². The largest absolute Gasteiger partial charge is 2.00 e. The summed E-state index contributed by atoms with van der Waals surface area (Å²) in [4.78, 5) is 10.2. The monoisotopic (exact) mass is 375 g/mol. The number of hydrogen-bond acceptors (Lipinski definition) is 8. The van der Waals surface area contributed by atoms with E-state index in [-0.39, 0.29) is 119 Å². The molecule has 0 unspecified atom stereocenters. The van der Waals surface area contributed by atoms with Crippen LogP contribution in [0.15, 0.2) is 24.3 Å². The Labute approximate surface area is 211 Å². The zero-order valence-electron chi connectivity index (χ0n) is 10.8. The molecule has 0 aliphatic heterocycles. The van der Waals surface area contributed by atoms with Gasteiger partial charge in [0.15, 0.2) is 0 Å². The summed E-state index contributed by atoms with van der Waals surface area (Å²) >= 11 is 0. The van der Waals surface area contributed by atoms with E-state index in [4.69, 9.17) is 35.3 Å². The fourth-order valence-electron chi connectivity index (χ4n) is 0.643. The minimum Gasteiger partial charge on any atom is -0.907 e. The Bertz CT molecular complexity index is 344. The van der Waals surface area contributed by atoms with Crippen LogP contribution in [-0.4, -0.2) is 139 Å². The second-order valence-electron chi connectivity index (χ2n) is 2.38. The fourth-order valence-corrected chi connectivity index (χ4v) is 0.643. The van der Waals surface area contributed by atoms with Crippen LogP contribution in [0.25, 0.3) is 0 Å². The van der Waals surface area contributed by atoms with Gasteiger partial charge in [-0.2, -0.15) is 0 Å². The molecule has 1 aromatic rings. The third-order valence-electron chi connectivity index (χ3n) is 1.12. The first-order valence-electron chi connectivity index (χ1n) is 4.12. The maximum absolute atomic E-state index is 10.7. The molecule has 9 nitrogen and oxygen atoms in total. The van der Waals surface area contributed by atoms with E-state index in [1.807, 2.05) is 0 Å². The zero-order chi connectivity index (χ0) is 14.7. The van der Waals surface area contributed by atoms with Gasteiger partial charge >= 0.3 is 119 Å². The van der Waals surface area contributed by atoms with Crippen molar-refractivity contribution in [2.75, 3.05) is 0 Å². The zero-order valence-corrected chi connectivity index (χ0v) is 17.4. The number of carbonyl (C=O) groups is 1. The van der Waals surface area contributed by atoms with Crippen molar-refractivity contribution in [3.8, 4) is 5.75 Å². The van der Waals surface area contributed by atoms with Crippen molar-refractivity contribution in [3.05, 3.63) is 29.8 Å². The van der Waals surface area contributed by atoms with Crippen LogP contribution in [0, 0.1) is 0 Å². The average molecular weight is 375 g/mol. The SMILES string of the molecule is O=C(O)c1ccccc1[O-].[Ca+2].[Ca+2].[Ca+2].[O-]B([O-])[O-].[O-]B([O-])[O-]. The Morgan fingerprint density at radius 3 is 1.33 bits per heavy atom. The Hall–Kier alpha value is 2.16. The molecule has 14 heteroatoms. The van der Waals surface area contributed by atoms with Crippen LogP contribution in [0.1, 0.15) is 10.4 Å². The molecule has 0 bridgehead atoms. The van der Waals surface area contributed by atoms with Crippen LogP contribution < -0.4 is 35.3 Å². The minimum absolute atomic E-state index is 0. The van der Waals surface area contributed by atoms with Crippen molar-refractivity contribution in [1.29, 1.82) is 0 Å². The van der Waals surface area contributed by atoms with E-state index >= 15 is 0 Å². The van der Waals surface area contributed by atoms with E-state index in [0.29, 0.717) is 0 Å². The number of carboxylic acids is 1. The van der Waals surface area contributed by atoms with Crippen molar-refractivity contribution < 1.29 is 45.2 Å². The first-order chi connectivity index (χ1) is 8.18. The van der Waals surface area contributed by atoms with Crippen LogP contribution >= 0.6 is 0 Å². The molecule has 21 heavy (non-hydrogen) atoms. The standard InChI is InChI=1S/C7H6O3.2BO3.3Ca/c8-6-4-2-1-3-5(6)7(9)10;2*2-1(3)4;;;/h1-4,8H,(H,9,10);;;;;/q;2*-3;3*+2/p-1. The molecule has 0 fully saturated rings. The number of carboxylic acid groups (broad SMARTS) is 1. The summed E-state index contributed by atoms with van der Waals surface area (Å²) in [5, 5.41) is 69.5. The van der Waals surface area contributed by atoms with Gasteiger partial charge in [-0.25, -0.2) is 4.79 Å². The van der Waals surface area contributed by atoms with Gasteiger partial charge < -0.3 is 40.4 Å². The summed E-state index contributed by atoms with van der Waals surface area (Å²) in [5.41, 5.74) is -0.178. The number of para-hydroxylation sites is 1. The van der Waals surface area contributed by atoms with Gasteiger partial charge in [-0.05, 0) is 6.07 Å². The summed E-state index contributed by atoms with van der Waals surface area (Å²) in [6.45, 7) is 0. The number of benzene rings is 1. The fraction of sp³-hybridized carbons (Fsp3) is 0. The van der Waals surface area contributed by atoms with Gasteiger partial charge in [-0.1, -0.05) is 23.9 Å². The Balaban J connectivity index is -0.0000000673. The van der Waals surface area contributed by atoms with Gasteiger partial charge in [0.05, 0.1) is 5.56 Å². The van der Waals surface area contributed by atoms with E-state index in [2.05, 4.69) is 0 Å². The van der Waals surface area contributed by atoms with Crippen molar-refractivity contribution in [2.24, 2.45) is 0 Å². The molecule has 0 aromatic heterocycles. The predicted octanol–water partition coefficient (Wildman–Crippen LogP) is -8.58. The second-order valence-corrected chi connectivity index (χ2v) is 2.38. The average Bonchev–Trinajstić information content (AvgIpc) is 2.15. The van der Waals surface area contributed by atoms with Crippen molar-refractivity contribution in [1.82, 2.24) is 0 Å². The van der Waals surface area contributed by atoms with Gasteiger partial charge in [0.25, 0.3) is 0 Å². The molecule has 0 radical (unpaired) electrons. The van der Waals surface area contributed by atoms with Gasteiger partial charge in [-0.15, -0.1) is 0 Å².